The third kappa shape index (κ3) is 7.21. The van der Waals surface area contributed by atoms with Crippen molar-refractivity contribution in [3.05, 3.63) is 35.4 Å². The predicted molar refractivity (Wildman–Crippen MR) is 129 cm³/mol. The van der Waals surface area contributed by atoms with E-state index in [9.17, 15) is 33.0 Å². The fraction of sp³-hybridized carbons (Fsp3) is 0.704. The van der Waals surface area contributed by atoms with E-state index < -0.39 is 35.0 Å². The van der Waals surface area contributed by atoms with Crippen LogP contribution in [0.3, 0.4) is 0 Å². The van der Waals surface area contributed by atoms with Crippen LogP contribution in [-0.4, -0.2) is 46.2 Å². The quantitative estimate of drug-likeness (QED) is 0.339. The predicted octanol–water partition coefficient (Wildman–Crippen LogP) is 6.53. The van der Waals surface area contributed by atoms with Crippen LogP contribution in [0.15, 0.2) is 24.3 Å². The minimum atomic E-state index is -4.45. The average molecular weight is 500 g/mol. The maximum Gasteiger partial charge on any atom is 0.416 e. The summed E-state index contributed by atoms with van der Waals surface area (Å²) in [7, 11) is 0. The minimum Gasteiger partial charge on any atom is -0.480 e. The molecule has 0 aromatic heterocycles. The van der Waals surface area contributed by atoms with Gasteiger partial charge in [0.15, 0.2) is 5.41 Å². The van der Waals surface area contributed by atoms with Crippen molar-refractivity contribution in [3.8, 4) is 0 Å². The molecular weight excluding hydrogens is 459 g/mol. The van der Waals surface area contributed by atoms with Crippen LogP contribution in [0, 0.1) is 23.2 Å². The highest BCUT2D eigenvalue weighted by Crippen LogP contribution is 2.47. The lowest BCUT2D eigenvalue weighted by molar-refractivity contribution is -0.169. The average Bonchev–Trinajstić information content (AvgIpc) is 2.77. The van der Waals surface area contributed by atoms with Gasteiger partial charge in [0, 0.05) is 6.04 Å². The first-order valence-corrected chi connectivity index (χ1v) is 12.6. The summed E-state index contributed by atoms with van der Waals surface area (Å²) in [6, 6.07) is 5.09. The fourth-order valence-electron chi connectivity index (χ4n) is 5.13. The Bertz CT molecular complexity index is 825. The van der Waals surface area contributed by atoms with Gasteiger partial charge < -0.3 is 10.2 Å². The van der Waals surface area contributed by atoms with Gasteiger partial charge in [-0.1, -0.05) is 39.8 Å². The highest BCUT2D eigenvalue weighted by Gasteiger charge is 2.52. The molecule has 1 fully saturated rings. The van der Waals surface area contributed by atoms with Gasteiger partial charge in [0.2, 0.25) is 0 Å². The van der Waals surface area contributed by atoms with Gasteiger partial charge in [-0.2, -0.15) is 13.2 Å². The summed E-state index contributed by atoms with van der Waals surface area (Å²) in [5.74, 6) is -2.67. The smallest absolute Gasteiger partial charge is 0.416 e. The lowest BCUT2D eigenvalue weighted by Gasteiger charge is -2.46. The number of hydrogen-bond acceptors (Lipinski definition) is 3. The summed E-state index contributed by atoms with van der Waals surface area (Å²) in [4.78, 5) is 26.4. The zero-order chi connectivity index (χ0) is 26.6. The molecule has 1 saturated carbocycles. The van der Waals surface area contributed by atoms with Gasteiger partial charge in [-0.3, -0.25) is 14.5 Å². The van der Waals surface area contributed by atoms with Crippen LogP contribution in [0.1, 0.15) is 83.8 Å². The number of rotatable bonds is 11. The van der Waals surface area contributed by atoms with Gasteiger partial charge in [0.1, 0.15) is 0 Å². The SMILES string of the molecule is CC(C)CCN(CCC(C)C)[C@@H]1CCC(C(C)(C(=O)O)C(=O)O)CC1c1ccc(C(F)(F)F)cc1. The summed E-state index contributed by atoms with van der Waals surface area (Å²) in [6.07, 6.45) is -1.16. The zero-order valence-electron chi connectivity index (χ0n) is 21.4. The molecule has 0 bridgehead atoms. The van der Waals surface area contributed by atoms with E-state index in [1.54, 1.807) is 0 Å². The van der Waals surface area contributed by atoms with Crippen molar-refractivity contribution in [2.75, 3.05) is 13.1 Å². The molecule has 0 heterocycles. The molecule has 1 aliphatic rings. The third-order valence-corrected chi connectivity index (χ3v) is 7.64. The topological polar surface area (TPSA) is 77.8 Å². The summed E-state index contributed by atoms with van der Waals surface area (Å²) < 4.78 is 39.5. The first kappa shape index (κ1) is 29.1. The molecule has 0 amide bonds. The molecule has 2 rings (SSSR count). The van der Waals surface area contributed by atoms with E-state index in [2.05, 4.69) is 32.6 Å². The Balaban J connectivity index is 2.47. The number of carbonyl (C=O) groups is 2. The molecule has 1 aliphatic carbocycles. The van der Waals surface area contributed by atoms with E-state index in [0.29, 0.717) is 36.7 Å². The van der Waals surface area contributed by atoms with Gasteiger partial charge in [-0.25, -0.2) is 0 Å². The lowest BCUT2D eigenvalue weighted by atomic mass is 9.64. The van der Waals surface area contributed by atoms with Crippen LogP contribution in [0.25, 0.3) is 0 Å². The Kier molecular flexibility index (Phi) is 9.79. The standard InChI is InChI=1S/C27H40F3NO4/c1-17(2)12-14-31(15-13-18(3)4)23-11-10-21(26(5,24(32)33)25(34)35)16-22(23)19-6-8-20(9-7-19)27(28,29)30/h6-9,17-18,21-23H,10-16H2,1-5H3,(H,32,33)(H,34,35)/t21?,22?,23-/m1/s1. The molecule has 8 heteroatoms. The molecule has 198 valence electrons. The van der Waals surface area contributed by atoms with E-state index in [1.165, 1.54) is 19.1 Å². The molecule has 0 saturated heterocycles. The molecule has 5 nitrogen and oxygen atoms in total. The summed E-state index contributed by atoms with van der Waals surface area (Å²) >= 11 is 0. The van der Waals surface area contributed by atoms with Crippen molar-refractivity contribution in [2.45, 2.75) is 84.9 Å². The second-order valence-electron chi connectivity index (χ2n) is 11.0. The Hall–Kier alpha value is -2.09. The van der Waals surface area contributed by atoms with E-state index in [1.807, 2.05) is 0 Å². The van der Waals surface area contributed by atoms with Crippen LogP contribution >= 0.6 is 0 Å². The van der Waals surface area contributed by atoms with E-state index in [0.717, 1.165) is 38.1 Å². The van der Waals surface area contributed by atoms with Crippen LogP contribution in [-0.2, 0) is 15.8 Å². The number of halogens is 3. The third-order valence-electron chi connectivity index (χ3n) is 7.64. The van der Waals surface area contributed by atoms with Gasteiger partial charge in [0.05, 0.1) is 5.56 Å². The highest BCUT2D eigenvalue weighted by molar-refractivity contribution is 5.98. The number of benzene rings is 1. The Morgan fingerprint density at radius 1 is 0.943 bits per heavy atom. The number of aliphatic carboxylic acids is 2. The second kappa shape index (κ2) is 11.8. The molecule has 0 radical (unpaired) electrons. The maximum absolute atomic E-state index is 13.2. The van der Waals surface area contributed by atoms with Gasteiger partial charge in [0.25, 0.3) is 0 Å². The van der Waals surface area contributed by atoms with Crippen LogP contribution in [0.4, 0.5) is 13.2 Å². The van der Waals surface area contributed by atoms with Crippen molar-refractivity contribution < 1.29 is 33.0 Å². The Labute approximate surface area is 206 Å². The van der Waals surface area contributed by atoms with Crippen LogP contribution in [0.2, 0.25) is 0 Å². The first-order chi connectivity index (χ1) is 16.2. The molecule has 1 aromatic carbocycles. The van der Waals surface area contributed by atoms with Crippen LogP contribution in [0.5, 0.6) is 0 Å². The molecule has 1 aromatic rings. The second-order valence-corrected chi connectivity index (χ2v) is 11.0. The van der Waals surface area contributed by atoms with E-state index >= 15 is 0 Å². The van der Waals surface area contributed by atoms with Gasteiger partial charge >= 0.3 is 18.1 Å². The summed E-state index contributed by atoms with van der Waals surface area (Å²) in [5.41, 5.74) is -1.98. The van der Waals surface area contributed by atoms with Crippen molar-refractivity contribution in [1.82, 2.24) is 4.90 Å². The number of carboxylic acid groups (broad SMARTS) is 2. The summed E-state index contributed by atoms with van der Waals surface area (Å²) in [6.45, 7) is 11.5. The van der Waals surface area contributed by atoms with Gasteiger partial charge in [-0.15, -0.1) is 0 Å². The molecule has 35 heavy (non-hydrogen) atoms. The molecule has 2 unspecified atom stereocenters. The Morgan fingerprint density at radius 3 is 1.83 bits per heavy atom. The number of alkyl halides is 3. The number of hydrogen-bond donors (Lipinski definition) is 2. The molecule has 3 atom stereocenters. The van der Waals surface area contributed by atoms with E-state index in [-0.39, 0.29) is 12.0 Å². The van der Waals surface area contributed by atoms with Crippen molar-refractivity contribution in [2.24, 2.45) is 23.2 Å². The zero-order valence-corrected chi connectivity index (χ0v) is 21.4. The van der Waals surface area contributed by atoms with Gasteiger partial charge in [-0.05, 0) is 93.5 Å². The number of nitrogens with zero attached hydrogens (tertiary/aromatic N) is 1. The lowest BCUT2D eigenvalue weighted by Crippen LogP contribution is -2.50. The highest BCUT2D eigenvalue weighted by atomic mass is 19.4. The molecule has 0 aliphatic heterocycles. The minimum absolute atomic E-state index is 0.00678. The largest absolute Gasteiger partial charge is 0.480 e. The molecular formula is C27H40F3NO4. The van der Waals surface area contributed by atoms with Crippen molar-refractivity contribution >= 4 is 11.9 Å². The Morgan fingerprint density at radius 2 is 1.43 bits per heavy atom. The van der Waals surface area contributed by atoms with Crippen molar-refractivity contribution in [3.63, 3.8) is 0 Å². The summed E-state index contributed by atoms with van der Waals surface area (Å²) in [5, 5.41) is 19.6. The molecule has 2 N–H and O–H groups in total. The maximum atomic E-state index is 13.2. The fourth-order valence-corrected chi connectivity index (χ4v) is 5.13. The van der Waals surface area contributed by atoms with E-state index in [4.69, 9.17) is 0 Å². The molecule has 0 spiro atoms. The normalized spacial score (nSPS) is 21.6. The monoisotopic (exact) mass is 499 g/mol. The first-order valence-electron chi connectivity index (χ1n) is 12.6. The van der Waals surface area contributed by atoms with Crippen LogP contribution < -0.4 is 0 Å². The van der Waals surface area contributed by atoms with Crippen molar-refractivity contribution in [1.29, 1.82) is 0 Å². The number of carboxylic acids is 2.